The number of aromatic nitrogens is 2. The van der Waals surface area contributed by atoms with Gasteiger partial charge in [-0.1, -0.05) is 6.58 Å². The molecule has 0 bridgehead atoms. The maximum Gasteiger partial charge on any atom is 0.358 e. The Hall–Kier alpha value is -2.18. The molecule has 7 heteroatoms. The van der Waals surface area contributed by atoms with Gasteiger partial charge in [0.15, 0.2) is 11.5 Å². The summed E-state index contributed by atoms with van der Waals surface area (Å²) in [6.45, 7) is 7.38. The second-order valence-corrected chi connectivity index (χ2v) is 4.61. The highest BCUT2D eigenvalue weighted by atomic mass is 19.1. The number of fused-ring (bicyclic) bond motifs is 1. The molecule has 0 aromatic carbocycles. The monoisotopic (exact) mass is 281 g/mol. The molecule has 0 spiro atoms. The maximum absolute atomic E-state index is 13.0. The Kier molecular flexibility index (Phi) is 3.87. The van der Waals surface area contributed by atoms with E-state index in [1.807, 2.05) is 0 Å². The minimum atomic E-state index is -0.990. The lowest BCUT2D eigenvalue weighted by molar-refractivity contribution is -0.132. The molecule has 0 radical (unpaired) electrons. The number of nitrogens with zero attached hydrogens (tertiary/aromatic N) is 3. The Morgan fingerprint density at radius 1 is 1.60 bits per heavy atom. The third kappa shape index (κ3) is 2.56. The van der Waals surface area contributed by atoms with E-state index in [-0.39, 0.29) is 24.9 Å². The largest absolute Gasteiger partial charge is 0.461 e. The second-order valence-electron chi connectivity index (χ2n) is 4.61. The fourth-order valence-electron chi connectivity index (χ4n) is 2.15. The fraction of sp³-hybridized carbons (Fsp3) is 0.462. The van der Waals surface area contributed by atoms with Crippen molar-refractivity contribution in [3.63, 3.8) is 0 Å². The second kappa shape index (κ2) is 5.44. The smallest absolute Gasteiger partial charge is 0.358 e. The number of ether oxygens (including phenoxy) is 1. The van der Waals surface area contributed by atoms with Crippen molar-refractivity contribution in [1.29, 1.82) is 0 Å². The van der Waals surface area contributed by atoms with Gasteiger partial charge in [0.2, 0.25) is 0 Å². The third-order valence-corrected chi connectivity index (χ3v) is 3.14. The highest BCUT2D eigenvalue weighted by Crippen LogP contribution is 2.20. The summed E-state index contributed by atoms with van der Waals surface area (Å²) in [5, 5.41) is 4.15. The van der Waals surface area contributed by atoms with Crippen LogP contribution in [0.4, 0.5) is 4.39 Å². The summed E-state index contributed by atoms with van der Waals surface area (Å²) in [5.41, 5.74) is 0.864. The lowest BCUT2D eigenvalue weighted by Gasteiger charge is -2.33. The number of hydrogen-bond donors (Lipinski definition) is 0. The molecule has 2 heterocycles. The lowest BCUT2D eigenvalue weighted by atomic mass is 10.2. The molecule has 0 saturated heterocycles. The van der Waals surface area contributed by atoms with Crippen LogP contribution in [0.2, 0.25) is 0 Å². The molecule has 1 atom stereocenters. The van der Waals surface area contributed by atoms with Crippen LogP contribution in [0.15, 0.2) is 18.5 Å². The summed E-state index contributed by atoms with van der Waals surface area (Å²) < 4.78 is 19.5. The molecule has 1 amide bonds. The van der Waals surface area contributed by atoms with Gasteiger partial charge in [0.1, 0.15) is 0 Å². The van der Waals surface area contributed by atoms with Crippen LogP contribution in [-0.4, -0.2) is 39.2 Å². The van der Waals surface area contributed by atoms with Crippen LogP contribution in [0.5, 0.6) is 0 Å². The standard InChI is InChI=1S/C13H16FN3O3/c1-4-20-13(19)11-5-10-7-16(12(18)9(3)14)8(2)6-17(10)15-11/h5,8H,3-4,6-7H2,1-2H3. The molecule has 1 aromatic heterocycles. The Morgan fingerprint density at radius 2 is 2.30 bits per heavy atom. The van der Waals surface area contributed by atoms with E-state index >= 15 is 0 Å². The minimum absolute atomic E-state index is 0.190. The number of carbonyl (C=O) groups excluding carboxylic acids is 2. The average molecular weight is 281 g/mol. The number of hydrogen-bond acceptors (Lipinski definition) is 4. The van der Waals surface area contributed by atoms with Crippen molar-refractivity contribution in [2.24, 2.45) is 0 Å². The first-order chi connectivity index (χ1) is 9.43. The first-order valence-electron chi connectivity index (χ1n) is 6.33. The van der Waals surface area contributed by atoms with Gasteiger partial charge >= 0.3 is 5.97 Å². The van der Waals surface area contributed by atoms with Gasteiger partial charge in [-0.25, -0.2) is 9.18 Å². The molecule has 108 valence electrons. The summed E-state index contributed by atoms with van der Waals surface area (Å²) >= 11 is 0. The highest BCUT2D eigenvalue weighted by Gasteiger charge is 2.30. The average Bonchev–Trinajstić information content (AvgIpc) is 2.79. The maximum atomic E-state index is 13.0. The lowest BCUT2D eigenvalue weighted by Crippen LogP contribution is -2.45. The van der Waals surface area contributed by atoms with Gasteiger partial charge in [-0.15, -0.1) is 0 Å². The number of carbonyl (C=O) groups is 2. The molecule has 1 aromatic rings. The van der Waals surface area contributed by atoms with E-state index < -0.39 is 17.7 Å². The SMILES string of the molecule is C=C(F)C(=O)N1Cc2cc(C(=O)OCC)nn2CC1C. The molecular weight excluding hydrogens is 265 g/mol. The Morgan fingerprint density at radius 3 is 2.90 bits per heavy atom. The zero-order chi connectivity index (χ0) is 14.9. The van der Waals surface area contributed by atoms with Crippen molar-refractivity contribution in [1.82, 2.24) is 14.7 Å². The van der Waals surface area contributed by atoms with E-state index in [2.05, 4.69) is 11.7 Å². The van der Waals surface area contributed by atoms with E-state index in [4.69, 9.17) is 4.74 Å². The van der Waals surface area contributed by atoms with E-state index in [1.165, 1.54) is 4.90 Å². The first-order valence-corrected chi connectivity index (χ1v) is 6.33. The minimum Gasteiger partial charge on any atom is -0.461 e. The van der Waals surface area contributed by atoms with Crippen LogP contribution in [-0.2, 0) is 22.6 Å². The zero-order valence-corrected chi connectivity index (χ0v) is 11.4. The Labute approximate surface area is 115 Å². The van der Waals surface area contributed by atoms with Gasteiger partial charge in [-0.05, 0) is 19.9 Å². The van der Waals surface area contributed by atoms with Crippen molar-refractivity contribution in [2.75, 3.05) is 6.61 Å². The van der Waals surface area contributed by atoms with Crippen LogP contribution >= 0.6 is 0 Å². The van der Waals surface area contributed by atoms with Gasteiger partial charge in [0, 0.05) is 6.04 Å². The number of esters is 1. The van der Waals surface area contributed by atoms with Crippen molar-refractivity contribution in [2.45, 2.75) is 33.0 Å². The number of amides is 1. The predicted molar refractivity (Wildman–Crippen MR) is 68.4 cm³/mol. The van der Waals surface area contributed by atoms with Crippen molar-refractivity contribution in [3.8, 4) is 0 Å². The molecular formula is C13H16FN3O3. The Balaban J connectivity index is 2.23. The van der Waals surface area contributed by atoms with Crippen LogP contribution < -0.4 is 0 Å². The zero-order valence-electron chi connectivity index (χ0n) is 11.4. The molecule has 1 unspecified atom stereocenters. The summed E-state index contributed by atoms with van der Waals surface area (Å²) in [4.78, 5) is 24.7. The molecule has 6 nitrogen and oxygen atoms in total. The van der Waals surface area contributed by atoms with E-state index in [9.17, 15) is 14.0 Å². The van der Waals surface area contributed by atoms with Crippen LogP contribution in [0, 0.1) is 0 Å². The molecule has 0 N–H and O–H groups in total. The predicted octanol–water partition coefficient (Wildman–Crippen LogP) is 1.27. The normalized spacial score (nSPS) is 17.6. The summed E-state index contributed by atoms with van der Waals surface area (Å²) in [5.74, 6) is -2.23. The van der Waals surface area contributed by atoms with E-state index in [1.54, 1.807) is 24.6 Å². The fourth-order valence-corrected chi connectivity index (χ4v) is 2.15. The topological polar surface area (TPSA) is 64.4 Å². The van der Waals surface area contributed by atoms with Crippen molar-refractivity contribution >= 4 is 11.9 Å². The first kappa shape index (κ1) is 14.2. The van der Waals surface area contributed by atoms with E-state index in [0.29, 0.717) is 12.2 Å². The molecule has 20 heavy (non-hydrogen) atoms. The van der Waals surface area contributed by atoms with Crippen molar-refractivity contribution in [3.05, 3.63) is 29.9 Å². The quantitative estimate of drug-likeness (QED) is 0.618. The summed E-state index contributed by atoms with van der Waals surface area (Å²) in [7, 11) is 0. The summed E-state index contributed by atoms with van der Waals surface area (Å²) in [6.07, 6.45) is 0. The van der Waals surface area contributed by atoms with Crippen LogP contribution in [0.3, 0.4) is 0 Å². The van der Waals surface area contributed by atoms with Gasteiger partial charge in [-0.3, -0.25) is 9.48 Å². The van der Waals surface area contributed by atoms with Gasteiger partial charge in [0.25, 0.3) is 5.91 Å². The third-order valence-electron chi connectivity index (χ3n) is 3.14. The van der Waals surface area contributed by atoms with Gasteiger partial charge in [0.05, 0.1) is 25.4 Å². The number of rotatable bonds is 3. The number of halogens is 1. The molecule has 2 rings (SSSR count). The highest BCUT2D eigenvalue weighted by molar-refractivity contribution is 5.91. The van der Waals surface area contributed by atoms with Gasteiger partial charge < -0.3 is 9.64 Å². The Bertz CT molecular complexity index is 567. The molecule has 0 fully saturated rings. The molecule has 0 aliphatic carbocycles. The van der Waals surface area contributed by atoms with Gasteiger partial charge in [-0.2, -0.15) is 5.10 Å². The van der Waals surface area contributed by atoms with Crippen LogP contribution in [0.25, 0.3) is 0 Å². The molecule has 1 aliphatic heterocycles. The molecule has 1 aliphatic rings. The van der Waals surface area contributed by atoms with E-state index in [0.717, 1.165) is 0 Å². The van der Waals surface area contributed by atoms with Crippen molar-refractivity contribution < 1.29 is 18.7 Å². The van der Waals surface area contributed by atoms with Crippen LogP contribution in [0.1, 0.15) is 30.0 Å². The molecule has 0 saturated carbocycles. The summed E-state index contributed by atoms with van der Waals surface area (Å²) in [6, 6.07) is 1.34.